The lowest BCUT2D eigenvalue weighted by molar-refractivity contribution is 0.185. The van der Waals surface area contributed by atoms with E-state index in [1.54, 1.807) is 0 Å². The summed E-state index contributed by atoms with van der Waals surface area (Å²) in [6.07, 6.45) is 9.50. The Hall–Kier alpha value is -1.24. The van der Waals surface area contributed by atoms with E-state index in [9.17, 15) is 0 Å². The van der Waals surface area contributed by atoms with E-state index >= 15 is 0 Å². The molecule has 0 radical (unpaired) electrons. The predicted molar refractivity (Wildman–Crippen MR) is 58.5 cm³/mol. The molecule has 0 N–H and O–H groups in total. The van der Waals surface area contributed by atoms with Crippen molar-refractivity contribution in [1.82, 2.24) is 0 Å². The minimum Gasteiger partial charge on any atom is -0.490 e. The van der Waals surface area contributed by atoms with Gasteiger partial charge in [0.2, 0.25) is 0 Å². The standard InChI is InChI=1S/C13H16O/c1-2-5-9-12(8-4-1)14-13-10-6-3-7-11-13/h1-3,6-7,10-12H,4-5,8-9H2. The summed E-state index contributed by atoms with van der Waals surface area (Å²) < 4.78 is 5.90. The summed E-state index contributed by atoms with van der Waals surface area (Å²) >= 11 is 0. The zero-order valence-electron chi connectivity index (χ0n) is 8.36. The molecule has 0 amide bonds. The van der Waals surface area contributed by atoms with Crippen molar-refractivity contribution in [3.05, 3.63) is 42.5 Å². The fraction of sp³-hybridized carbons (Fsp3) is 0.385. The average molecular weight is 188 g/mol. The highest BCUT2D eigenvalue weighted by molar-refractivity contribution is 5.21. The molecule has 0 aliphatic heterocycles. The first-order valence-corrected chi connectivity index (χ1v) is 5.32. The lowest BCUT2D eigenvalue weighted by atomic mass is 10.1. The van der Waals surface area contributed by atoms with Crippen molar-refractivity contribution in [2.24, 2.45) is 0 Å². The van der Waals surface area contributed by atoms with Crippen molar-refractivity contribution in [3.8, 4) is 5.75 Å². The summed E-state index contributed by atoms with van der Waals surface area (Å²) in [5, 5.41) is 0. The van der Waals surface area contributed by atoms with Gasteiger partial charge in [-0.2, -0.15) is 0 Å². The largest absolute Gasteiger partial charge is 0.490 e. The molecule has 0 atom stereocenters. The molecule has 0 saturated carbocycles. The van der Waals surface area contributed by atoms with Gasteiger partial charge in [-0.05, 0) is 37.8 Å². The normalized spacial score (nSPS) is 17.7. The zero-order chi connectivity index (χ0) is 9.64. The second-order valence-electron chi connectivity index (χ2n) is 3.68. The van der Waals surface area contributed by atoms with Gasteiger partial charge in [0.15, 0.2) is 0 Å². The molecular formula is C13H16O. The Morgan fingerprint density at radius 1 is 0.929 bits per heavy atom. The summed E-state index contributed by atoms with van der Waals surface area (Å²) in [4.78, 5) is 0. The molecule has 2 rings (SSSR count). The Balaban J connectivity index is 1.91. The van der Waals surface area contributed by atoms with Crippen molar-refractivity contribution in [2.45, 2.75) is 31.8 Å². The molecule has 0 unspecified atom stereocenters. The van der Waals surface area contributed by atoms with E-state index in [0.717, 1.165) is 31.4 Å². The van der Waals surface area contributed by atoms with E-state index < -0.39 is 0 Å². The zero-order valence-corrected chi connectivity index (χ0v) is 8.36. The summed E-state index contributed by atoms with van der Waals surface area (Å²) in [7, 11) is 0. The molecule has 0 heterocycles. The highest BCUT2D eigenvalue weighted by atomic mass is 16.5. The molecule has 0 aromatic heterocycles. The van der Waals surface area contributed by atoms with E-state index in [0.29, 0.717) is 6.10 Å². The summed E-state index contributed by atoms with van der Waals surface area (Å²) in [5.74, 6) is 0.999. The molecule has 14 heavy (non-hydrogen) atoms. The van der Waals surface area contributed by atoms with Gasteiger partial charge >= 0.3 is 0 Å². The van der Waals surface area contributed by atoms with Gasteiger partial charge in [-0.3, -0.25) is 0 Å². The minimum absolute atomic E-state index is 0.396. The molecule has 0 spiro atoms. The van der Waals surface area contributed by atoms with Crippen LogP contribution in [-0.2, 0) is 0 Å². The van der Waals surface area contributed by atoms with E-state index in [-0.39, 0.29) is 0 Å². The van der Waals surface area contributed by atoms with Crippen LogP contribution in [0.5, 0.6) is 5.75 Å². The topological polar surface area (TPSA) is 9.23 Å². The molecule has 0 bridgehead atoms. The van der Waals surface area contributed by atoms with Crippen LogP contribution < -0.4 is 4.74 Å². The van der Waals surface area contributed by atoms with Crippen molar-refractivity contribution < 1.29 is 4.74 Å². The van der Waals surface area contributed by atoms with Gasteiger partial charge in [-0.1, -0.05) is 30.4 Å². The Morgan fingerprint density at radius 2 is 1.57 bits per heavy atom. The molecule has 0 fully saturated rings. The van der Waals surface area contributed by atoms with Crippen molar-refractivity contribution in [2.75, 3.05) is 0 Å². The molecule has 1 aliphatic rings. The van der Waals surface area contributed by atoms with E-state index in [1.165, 1.54) is 0 Å². The minimum atomic E-state index is 0.396. The van der Waals surface area contributed by atoms with Crippen molar-refractivity contribution in [3.63, 3.8) is 0 Å². The van der Waals surface area contributed by atoms with Gasteiger partial charge in [0, 0.05) is 0 Å². The highest BCUT2D eigenvalue weighted by Gasteiger charge is 2.10. The quantitative estimate of drug-likeness (QED) is 0.645. The van der Waals surface area contributed by atoms with Crippen LogP contribution in [0.4, 0.5) is 0 Å². The number of allylic oxidation sites excluding steroid dienone is 2. The number of hydrogen-bond acceptors (Lipinski definition) is 1. The number of rotatable bonds is 2. The Bertz CT molecular complexity index is 279. The van der Waals surface area contributed by atoms with Crippen molar-refractivity contribution >= 4 is 0 Å². The smallest absolute Gasteiger partial charge is 0.119 e. The fourth-order valence-electron chi connectivity index (χ4n) is 1.75. The van der Waals surface area contributed by atoms with Crippen LogP contribution in [0, 0.1) is 0 Å². The lowest BCUT2D eigenvalue weighted by Gasteiger charge is -2.16. The third-order valence-electron chi connectivity index (χ3n) is 2.52. The summed E-state index contributed by atoms with van der Waals surface area (Å²) in [5.41, 5.74) is 0. The van der Waals surface area contributed by atoms with Crippen LogP contribution in [0.15, 0.2) is 42.5 Å². The maximum Gasteiger partial charge on any atom is 0.119 e. The number of ether oxygens (including phenoxy) is 1. The monoisotopic (exact) mass is 188 g/mol. The van der Waals surface area contributed by atoms with Crippen LogP contribution in [0.25, 0.3) is 0 Å². The van der Waals surface area contributed by atoms with Crippen LogP contribution in [0.3, 0.4) is 0 Å². The molecule has 0 saturated heterocycles. The highest BCUT2D eigenvalue weighted by Crippen LogP contribution is 2.19. The first-order valence-electron chi connectivity index (χ1n) is 5.32. The summed E-state index contributed by atoms with van der Waals surface area (Å²) in [6, 6.07) is 10.1. The van der Waals surface area contributed by atoms with E-state index in [1.807, 2.05) is 30.3 Å². The first-order chi connectivity index (χ1) is 6.95. The maximum absolute atomic E-state index is 5.90. The second kappa shape index (κ2) is 4.85. The van der Waals surface area contributed by atoms with Crippen LogP contribution in [-0.4, -0.2) is 6.10 Å². The van der Waals surface area contributed by atoms with Gasteiger partial charge in [-0.25, -0.2) is 0 Å². The van der Waals surface area contributed by atoms with Gasteiger partial charge in [0.1, 0.15) is 5.75 Å². The van der Waals surface area contributed by atoms with Crippen LogP contribution in [0.2, 0.25) is 0 Å². The number of hydrogen-bond donors (Lipinski definition) is 0. The van der Waals surface area contributed by atoms with Crippen LogP contribution >= 0.6 is 0 Å². The van der Waals surface area contributed by atoms with Gasteiger partial charge in [0.25, 0.3) is 0 Å². The molecule has 1 aromatic carbocycles. The van der Waals surface area contributed by atoms with Gasteiger partial charge in [0.05, 0.1) is 6.10 Å². The van der Waals surface area contributed by atoms with E-state index in [4.69, 9.17) is 4.74 Å². The number of para-hydroxylation sites is 1. The first kappa shape index (κ1) is 9.32. The van der Waals surface area contributed by atoms with Crippen molar-refractivity contribution in [1.29, 1.82) is 0 Å². The lowest BCUT2D eigenvalue weighted by Crippen LogP contribution is -2.14. The SMILES string of the molecule is C1=CCCC(Oc2ccccc2)CC1. The molecule has 1 aromatic rings. The molecule has 1 nitrogen and oxygen atoms in total. The Morgan fingerprint density at radius 3 is 2.21 bits per heavy atom. The molecule has 1 aliphatic carbocycles. The molecule has 1 heteroatoms. The number of benzene rings is 1. The second-order valence-corrected chi connectivity index (χ2v) is 3.68. The Kier molecular flexibility index (Phi) is 3.23. The molecule has 74 valence electrons. The predicted octanol–water partition coefficient (Wildman–Crippen LogP) is 3.56. The maximum atomic E-state index is 5.90. The third-order valence-corrected chi connectivity index (χ3v) is 2.52. The van der Waals surface area contributed by atoms with Crippen LogP contribution in [0.1, 0.15) is 25.7 Å². The third kappa shape index (κ3) is 2.63. The summed E-state index contributed by atoms with van der Waals surface area (Å²) in [6.45, 7) is 0. The average Bonchev–Trinajstić information content (AvgIpc) is 2.48. The van der Waals surface area contributed by atoms with E-state index in [2.05, 4.69) is 12.2 Å². The van der Waals surface area contributed by atoms with Gasteiger partial charge in [-0.15, -0.1) is 0 Å². The fourth-order valence-corrected chi connectivity index (χ4v) is 1.75. The molecular weight excluding hydrogens is 172 g/mol. The Labute approximate surface area is 85.4 Å². The van der Waals surface area contributed by atoms with Gasteiger partial charge < -0.3 is 4.74 Å².